The highest BCUT2D eigenvalue weighted by atomic mass is 35.5. The van der Waals surface area contributed by atoms with Gasteiger partial charge in [-0.15, -0.1) is 0 Å². The van der Waals surface area contributed by atoms with Gasteiger partial charge >= 0.3 is 0 Å². The lowest BCUT2D eigenvalue weighted by Crippen LogP contribution is -1.99. The minimum Gasteiger partial charge on any atom is -0.252 e. The molecule has 2 nitrogen and oxygen atoms in total. The molecule has 1 aromatic heterocycles. The fourth-order valence-corrected chi connectivity index (χ4v) is 3.04. The molecule has 126 valence electrons. The predicted octanol–water partition coefficient (Wildman–Crippen LogP) is 6.70. The van der Waals surface area contributed by atoms with Crippen molar-refractivity contribution in [3.63, 3.8) is 0 Å². The van der Waals surface area contributed by atoms with Crippen LogP contribution in [-0.4, -0.2) is 10.7 Å². The summed E-state index contributed by atoms with van der Waals surface area (Å²) in [5.74, 6) is 0. The number of hydrogen-bond donors (Lipinski definition) is 0. The standard InChI is InChI=1S/C23H17ClN2/c1-16(25-21-13-11-20(24)12-14-21)22-7-4-8-23(26-22)19-10-9-17-5-2-3-6-18(17)15-19/h2-15H,1H3. The Hall–Kier alpha value is -2.97. The third-order valence-corrected chi connectivity index (χ3v) is 4.54. The molecule has 0 amide bonds. The molecular formula is C23H17ClN2. The van der Waals surface area contributed by atoms with Crippen LogP contribution in [0.1, 0.15) is 12.6 Å². The van der Waals surface area contributed by atoms with Crippen molar-refractivity contribution in [3.05, 3.63) is 95.6 Å². The number of hydrogen-bond acceptors (Lipinski definition) is 2. The fraction of sp³-hybridized carbons (Fsp3) is 0.0435. The van der Waals surface area contributed by atoms with Crippen LogP contribution in [0.5, 0.6) is 0 Å². The van der Waals surface area contributed by atoms with Crippen LogP contribution in [0.4, 0.5) is 5.69 Å². The first kappa shape index (κ1) is 16.5. The van der Waals surface area contributed by atoms with Gasteiger partial charge in [-0.3, -0.25) is 4.99 Å². The molecule has 0 spiro atoms. The highest BCUT2D eigenvalue weighted by molar-refractivity contribution is 6.30. The highest BCUT2D eigenvalue weighted by Gasteiger charge is 2.05. The van der Waals surface area contributed by atoms with Crippen molar-refractivity contribution in [2.45, 2.75) is 6.92 Å². The van der Waals surface area contributed by atoms with Crippen LogP contribution in [0.25, 0.3) is 22.0 Å². The van der Waals surface area contributed by atoms with Gasteiger partial charge in [0.1, 0.15) is 0 Å². The van der Waals surface area contributed by atoms with E-state index in [4.69, 9.17) is 16.6 Å². The van der Waals surface area contributed by atoms with E-state index in [0.29, 0.717) is 5.02 Å². The molecule has 0 aliphatic rings. The van der Waals surface area contributed by atoms with E-state index in [1.807, 2.05) is 49.4 Å². The van der Waals surface area contributed by atoms with Crippen molar-refractivity contribution in [1.29, 1.82) is 0 Å². The molecule has 0 atom stereocenters. The topological polar surface area (TPSA) is 25.2 Å². The van der Waals surface area contributed by atoms with Crippen molar-refractivity contribution in [3.8, 4) is 11.3 Å². The number of fused-ring (bicyclic) bond motifs is 1. The molecule has 1 heterocycles. The Morgan fingerprint density at radius 1 is 0.808 bits per heavy atom. The zero-order valence-corrected chi connectivity index (χ0v) is 15.1. The fourth-order valence-electron chi connectivity index (χ4n) is 2.91. The first-order chi connectivity index (χ1) is 12.7. The maximum Gasteiger partial charge on any atom is 0.0849 e. The van der Waals surface area contributed by atoms with Crippen LogP contribution in [0.15, 0.2) is 89.9 Å². The average Bonchev–Trinajstić information content (AvgIpc) is 2.69. The third kappa shape index (κ3) is 3.51. The lowest BCUT2D eigenvalue weighted by atomic mass is 10.0. The lowest BCUT2D eigenvalue weighted by Gasteiger charge is -2.06. The van der Waals surface area contributed by atoms with E-state index < -0.39 is 0 Å². The molecule has 0 N–H and O–H groups in total. The molecule has 0 saturated carbocycles. The van der Waals surface area contributed by atoms with Crippen molar-refractivity contribution < 1.29 is 0 Å². The molecule has 4 rings (SSSR count). The molecule has 26 heavy (non-hydrogen) atoms. The van der Waals surface area contributed by atoms with Gasteiger partial charge in [-0.1, -0.05) is 54.1 Å². The Kier molecular flexibility index (Phi) is 4.51. The average molecular weight is 357 g/mol. The van der Waals surface area contributed by atoms with Crippen molar-refractivity contribution in [1.82, 2.24) is 4.98 Å². The highest BCUT2D eigenvalue weighted by Crippen LogP contribution is 2.24. The number of halogens is 1. The second kappa shape index (κ2) is 7.11. The van der Waals surface area contributed by atoms with E-state index in [9.17, 15) is 0 Å². The summed E-state index contributed by atoms with van der Waals surface area (Å²) in [5, 5.41) is 3.15. The Labute approximate surface area is 157 Å². The molecule has 0 aliphatic heterocycles. The minimum atomic E-state index is 0.707. The first-order valence-electron chi connectivity index (χ1n) is 8.46. The Bertz CT molecular complexity index is 1100. The summed E-state index contributed by atoms with van der Waals surface area (Å²) in [4.78, 5) is 9.46. The SMILES string of the molecule is CC(=Nc1ccc(Cl)cc1)c1cccc(-c2ccc3ccccc3c2)n1. The molecule has 0 fully saturated rings. The maximum absolute atomic E-state index is 5.93. The number of aliphatic imine (C=N–C) groups is 1. The molecule has 0 unspecified atom stereocenters. The summed E-state index contributed by atoms with van der Waals surface area (Å²) < 4.78 is 0. The largest absolute Gasteiger partial charge is 0.252 e. The second-order valence-electron chi connectivity index (χ2n) is 6.14. The van der Waals surface area contributed by atoms with Gasteiger partial charge in [0, 0.05) is 10.6 Å². The molecule has 0 saturated heterocycles. The van der Waals surface area contributed by atoms with E-state index >= 15 is 0 Å². The number of benzene rings is 3. The van der Waals surface area contributed by atoms with Gasteiger partial charge in [0.15, 0.2) is 0 Å². The summed E-state index contributed by atoms with van der Waals surface area (Å²) >= 11 is 5.93. The van der Waals surface area contributed by atoms with Gasteiger partial charge in [-0.05, 0) is 60.2 Å². The normalized spacial score (nSPS) is 11.7. The second-order valence-corrected chi connectivity index (χ2v) is 6.58. The monoisotopic (exact) mass is 356 g/mol. The van der Waals surface area contributed by atoms with Crippen LogP contribution in [0.3, 0.4) is 0 Å². The van der Waals surface area contributed by atoms with E-state index in [1.54, 1.807) is 0 Å². The number of aromatic nitrogens is 1. The molecule has 0 bridgehead atoms. The summed E-state index contributed by atoms with van der Waals surface area (Å²) in [6.07, 6.45) is 0. The van der Waals surface area contributed by atoms with Crippen LogP contribution >= 0.6 is 11.6 Å². The van der Waals surface area contributed by atoms with E-state index in [1.165, 1.54) is 10.8 Å². The number of nitrogens with zero attached hydrogens (tertiary/aromatic N) is 2. The van der Waals surface area contributed by atoms with Crippen LogP contribution in [-0.2, 0) is 0 Å². The van der Waals surface area contributed by atoms with Crippen LogP contribution in [0, 0.1) is 0 Å². The molecular weight excluding hydrogens is 340 g/mol. The number of pyridine rings is 1. The van der Waals surface area contributed by atoms with Gasteiger partial charge in [-0.25, -0.2) is 4.98 Å². The Balaban J connectivity index is 1.70. The van der Waals surface area contributed by atoms with Gasteiger partial charge in [0.2, 0.25) is 0 Å². The minimum absolute atomic E-state index is 0.707. The van der Waals surface area contributed by atoms with Crippen molar-refractivity contribution in [2.75, 3.05) is 0 Å². The third-order valence-electron chi connectivity index (χ3n) is 4.29. The lowest BCUT2D eigenvalue weighted by molar-refractivity contribution is 1.28. The Morgan fingerprint density at radius 2 is 1.58 bits per heavy atom. The maximum atomic E-state index is 5.93. The van der Waals surface area contributed by atoms with Gasteiger partial charge < -0.3 is 0 Å². The molecule has 3 heteroatoms. The van der Waals surface area contributed by atoms with Crippen LogP contribution in [0.2, 0.25) is 5.02 Å². The van der Waals surface area contributed by atoms with E-state index in [-0.39, 0.29) is 0 Å². The van der Waals surface area contributed by atoms with Crippen LogP contribution < -0.4 is 0 Å². The molecule has 4 aromatic rings. The summed E-state index contributed by atoms with van der Waals surface area (Å²) in [7, 11) is 0. The molecule has 3 aromatic carbocycles. The molecule has 0 radical (unpaired) electrons. The predicted molar refractivity (Wildman–Crippen MR) is 111 cm³/mol. The van der Waals surface area contributed by atoms with Gasteiger partial charge in [-0.2, -0.15) is 0 Å². The summed E-state index contributed by atoms with van der Waals surface area (Å²) in [6.45, 7) is 1.97. The summed E-state index contributed by atoms with van der Waals surface area (Å²) in [6, 6.07) is 28.3. The molecule has 0 aliphatic carbocycles. The smallest absolute Gasteiger partial charge is 0.0849 e. The quantitative estimate of drug-likeness (QED) is 0.375. The van der Waals surface area contributed by atoms with E-state index in [0.717, 1.165) is 28.4 Å². The summed E-state index contributed by atoms with van der Waals surface area (Å²) in [5.41, 5.74) is 4.65. The van der Waals surface area contributed by atoms with Gasteiger partial charge in [0.05, 0.1) is 22.8 Å². The number of rotatable bonds is 3. The zero-order valence-electron chi connectivity index (χ0n) is 14.4. The van der Waals surface area contributed by atoms with Crippen molar-refractivity contribution >= 4 is 33.8 Å². The first-order valence-corrected chi connectivity index (χ1v) is 8.84. The van der Waals surface area contributed by atoms with E-state index in [2.05, 4.69) is 47.5 Å². The Morgan fingerprint density at radius 3 is 2.38 bits per heavy atom. The van der Waals surface area contributed by atoms with Gasteiger partial charge in [0.25, 0.3) is 0 Å². The van der Waals surface area contributed by atoms with Crippen molar-refractivity contribution in [2.24, 2.45) is 4.99 Å². The zero-order chi connectivity index (χ0) is 17.9.